The first kappa shape index (κ1) is 17.2. The zero-order chi connectivity index (χ0) is 18.7. The average molecular weight is 367 g/mol. The minimum atomic E-state index is -0.956. The van der Waals surface area contributed by atoms with Crippen LogP contribution in [0, 0.1) is 11.3 Å². The number of hydrogen-bond acceptors (Lipinski definition) is 5. The van der Waals surface area contributed by atoms with E-state index in [-0.39, 0.29) is 17.0 Å². The molecule has 8 heteroatoms. The summed E-state index contributed by atoms with van der Waals surface area (Å²) >= 11 is 5.85. The van der Waals surface area contributed by atoms with Gasteiger partial charge in [-0.05, 0) is 42.5 Å². The minimum absolute atomic E-state index is 0.0578. The molecule has 26 heavy (non-hydrogen) atoms. The lowest BCUT2D eigenvalue weighted by Crippen LogP contribution is -2.20. The van der Waals surface area contributed by atoms with Crippen molar-refractivity contribution in [3.63, 3.8) is 0 Å². The Morgan fingerprint density at radius 3 is 2.65 bits per heavy atom. The van der Waals surface area contributed by atoms with E-state index in [0.29, 0.717) is 16.4 Å². The fraction of sp³-hybridized carbons (Fsp3) is 0. The molecule has 0 spiro atoms. The first-order chi connectivity index (χ1) is 12.5. The number of nitriles is 1. The van der Waals surface area contributed by atoms with Crippen molar-refractivity contribution in [1.29, 1.82) is 5.26 Å². The molecule has 2 aromatic heterocycles. The molecule has 2 heterocycles. The molecular formula is C18H11ClN4O3. The number of nitrogens with two attached hydrogens (primary N) is 1. The molecule has 3 aromatic rings. The van der Waals surface area contributed by atoms with Crippen molar-refractivity contribution >= 4 is 29.2 Å². The number of hydrogen-bond donors (Lipinski definition) is 1. The second-order valence-electron chi connectivity index (χ2n) is 5.15. The molecule has 7 nitrogen and oxygen atoms in total. The summed E-state index contributed by atoms with van der Waals surface area (Å²) in [6.45, 7) is 0. The van der Waals surface area contributed by atoms with Crippen LogP contribution in [0.1, 0.15) is 5.56 Å². The van der Waals surface area contributed by atoms with Gasteiger partial charge in [0.05, 0.1) is 0 Å². The first-order valence-corrected chi connectivity index (χ1v) is 7.74. The fourth-order valence-corrected chi connectivity index (χ4v) is 2.33. The van der Waals surface area contributed by atoms with Crippen LogP contribution in [0.5, 0.6) is 11.6 Å². The third-order valence-electron chi connectivity index (χ3n) is 3.44. The highest BCUT2D eigenvalue weighted by atomic mass is 35.5. The summed E-state index contributed by atoms with van der Waals surface area (Å²) in [5.41, 5.74) is 4.54. The lowest BCUT2D eigenvalue weighted by atomic mass is 10.2. The number of halogens is 1. The number of ether oxygens (including phenoxy) is 1. The molecule has 0 aliphatic rings. The number of primary amides is 1. The van der Waals surface area contributed by atoms with Gasteiger partial charge in [0.2, 0.25) is 5.88 Å². The zero-order valence-electron chi connectivity index (χ0n) is 13.2. The largest absolute Gasteiger partial charge is 0.438 e. The predicted octanol–water partition coefficient (Wildman–Crippen LogP) is 2.53. The van der Waals surface area contributed by atoms with Crippen LogP contribution < -0.4 is 16.0 Å². The van der Waals surface area contributed by atoms with Crippen LogP contribution in [-0.2, 0) is 4.79 Å². The van der Waals surface area contributed by atoms with Gasteiger partial charge < -0.3 is 10.5 Å². The maximum absolute atomic E-state index is 12.8. The summed E-state index contributed by atoms with van der Waals surface area (Å²) < 4.78 is 6.96. The molecule has 3 rings (SSSR count). The maximum atomic E-state index is 12.8. The monoisotopic (exact) mass is 366 g/mol. The van der Waals surface area contributed by atoms with E-state index < -0.39 is 11.5 Å². The van der Waals surface area contributed by atoms with Crippen LogP contribution in [0.25, 0.3) is 11.7 Å². The number of fused-ring (bicyclic) bond motifs is 1. The molecule has 0 bridgehead atoms. The van der Waals surface area contributed by atoms with Gasteiger partial charge in [0.1, 0.15) is 28.6 Å². The average Bonchev–Trinajstić information content (AvgIpc) is 2.63. The van der Waals surface area contributed by atoms with E-state index in [4.69, 9.17) is 27.3 Å². The number of benzene rings is 1. The van der Waals surface area contributed by atoms with Crippen LogP contribution >= 0.6 is 11.6 Å². The van der Waals surface area contributed by atoms with E-state index in [9.17, 15) is 9.59 Å². The van der Waals surface area contributed by atoms with Gasteiger partial charge in [-0.25, -0.2) is 0 Å². The number of carbonyl (C=O) groups excluding carboxylic acids is 1. The van der Waals surface area contributed by atoms with E-state index in [2.05, 4.69) is 4.98 Å². The number of nitrogens with zero attached hydrogens (tertiary/aromatic N) is 3. The number of aromatic nitrogens is 2. The van der Waals surface area contributed by atoms with E-state index in [1.807, 2.05) is 0 Å². The molecule has 0 radical (unpaired) electrons. The van der Waals surface area contributed by atoms with Crippen molar-refractivity contribution in [3.8, 4) is 17.7 Å². The van der Waals surface area contributed by atoms with Gasteiger partial charge in [0.15, 0.2) is 0 Å². The molecular weight excluding hydrogens is 356 g/mol. The number of carbonyl (C=O) groups is 1. The van der Waals surface area contributed by atoms with Gasteiger partial charge >= 0.3 is 0 Å². The SMILES string of the molecule is N#C/C(=C/c1c(Oc2ccc(Cl)cc2)nc2ccccn2c1=O)C(N)=O. The van der Waals surface area contributed by atoms with Gasteiger partial charge in [-0.1, -0.05) is 17.7 Å². The molecule has 0 fully saturated rings. The normalized spacial score (nSPS) is 11.2. The second kappa shape index (κ2) is 7.09. The van der Waals surface area contributed by atoms with Crippen molar-refractivity contribution < 1.29 is 9.53 Å². The van der Waals surface area contributed by atoms with Crippen LogP contribution in [0.2, 0.25) is 5.02 Å². The molecule has 2 N–H and O–H groups in total. The Morgan fingerprint density at radius 2 is 2.00 bits per heavy atom. The summed E-state index contributed by atoms with van der Waals surface area (Å²) in [5, 5.41) is 9.59. The van der Waals surface area contributed by atoms with Gasteiger partial charge in [0.25, 0.3) is 11.5 Å². The third kappa shape index (κ3) is 3.41. The molecule has 0 aliphatic carbocycles. The smallest absolute Gasteiger partial charge is 0.269 e. The van der Waals surface area contributed by atoms with Gasteiger partial charge in [-0.15, -0.1) is 0 Å². The molecule has 0 unspecified atom stereocenters. The molecule has 0 aliphatic heterocycles. The quantitative estimate of drug-likeness (QED) is 0.563. The molecule has 0 atom stereocenters. The molecule has 0 saturated heterocycles. The van der Waals surface area contributed by atoms with Crippen LogP contribution in [-0.4, -0.2) is 15.3 Å². The van der Waals surface area contributed by atoms with Crippen LogP contribution in [0.15, 0.2) is 59.0 Å². The predicted molar refractivity (Wildman–Crippen MR) is 95.8 cm³/mol. The van der Waals surface area contributed by atoms with Crippen molar-refractivity contribution in [2.45, 2.75) is 0 Å². The number of amides is 1. The van der Waals surface area contributed by atoms with Crippen molar-refractivity contribution in [1.82, 2.24) is 9.38 Å². The highest BCUT2D eigenvalue weighted by molar-refractivity contribution is 6.30. The Bertz CT molecular complexity index is 1130. The summed E-state index contributed by atoms with van der Waals surface area (Å²) in [6, 6.07) is 13.1. The Balaban J connectivity index is 2.24. The topological polar surface area (TPSA) is 110 Å². The molecule has 128 valence electrons. The minimum Gasteiger partial charge on any atom is -0.438 e. The third-order valence-corrected chi connectivity index (χ3v) is 3.69. The van der Waals surface area contributed by atoms with Gasteiger partial charge in [-0.2, -0.15) is 10.2 Å². The lowest BCUT2D eigenvalue weighted by Gasteiger charge is -2.10. The summed E-state index contributed by atoms with van der Waals surface area (Å²) in [7, 11) is 0. The lowest BCUT2D eigenvalue weighted by molar-refractivity contribution is -0.114. The second-order valence-corrected chi connectivity index (χ2v) is 5.59. The van der Waals surface area contributed by atoms with Gasteiger partial charge in [-0.3, -0.25) is 14.0 Å². The van der Waals surface area contributed by atoms with Gasteiger partial charge in [0, 0.05) is 11.2 Å². The first-order valence-electron chi connectivity index (χ1n) is 7.36. The molecule has 0 saturated carbocycles. The van der Waals surface area contributed by atoms with E-state index in [1.165, 1.54) is 10.6 Å². The summed E-state index contributed by atoms with van der Waals surface area (Å²) in [4.78, 5) is 28.4. The zero-order valence-corrected chi connectivity index (χ0v) is 14.0. The highest BCUT2D eigenvalue weighted by Gasteiger charge is 2.16. The highest BCUT2D eigenvalue weighted by Crippen LogP contribution is 2.25. The van der Waals surface area contributed by atoms with E-state index >= 15 is 0 Å². The summed E-state index contributed by atoms with van der Waals surface area (Å²) in [5.74, 6) is -0.631. The number of pyridine rings is 1. The Hall–Kier alpha value is -3.63. The Morgan fingerprint density at radius 1 is 1.27 bits per heavy atom. The van der Waals surface area contributed by atoms with E-state index in [0.717, 1.165) is 6.08 Å². The van der Waals surface area contributed by atoms with Crippen molar-refractivity contribution in [3.05, 3.63) is 75.2 Å². The van der Waals surface area contributed by atoms with Crippen molar-refractivity contribution in [2.24, 2.45) is 5.73 Å². The summed E-state index contributed by atoms with van der Waals surface area (Å²) in [6.07, 6.45) is 2.59. The standard InChI is InChI=1S/C18H11ClN4O3/c19-12-4-6-13(7-5-12)26-17-14(9-11(10-20)16(21)24)18(25)23-8-2-1-3-15(23)22-17/h1-9H,(H2,21,24)/b11-9-. The Kier molecular flexibility index (Phi) is 4.69. The Labute approximate surface area is 152 Å². The maximum Gasteiger partial charge on any atom is 0.269 e. The number of rotatable bonds is 4. The van der Waals surface area contributed by atoms with E-state index in [1.54, 1.807) is 48.5 Å². The van der Waals surface area contributed by atoms with Crippen molar-refractivity contribution in [2.75, 3.05) is 0 Å². The molecule has 1 amide bonds. The fourth-order valence-electron chi connectivity index (χ4n) is 2.20. The molecule has 1 aromatic carbocycles. The van der Waals surface area contributed by atoms with Crippen LogP contribution in [0.4, 0.5) is 0 Å². The van der Waals surface area contributed by atoms with Crippen LogP contribution in [0.3, 0.4) is 0 Å².